The van der Waals surface area contributed by atoms with E-state index in [-0.39, 0.29) is 11.7 Å². The number of aryl methyl sites for hydroxylation is 1. The number of hydrogen-bond acceptors (Lipinski definition) is 7. The Morgan fingerprint density at radius 3 is 2.50 bits per heavy atom. The third-order valence-electron chi connectivity index (χ3n) is 6.14. The van der Waals surface area contributed by atoms with E-state index in [0.717, 1.165) is 36.6 Å². The van der Waals surface area contributed by atoms with Gasteiger partial charge in [0, 0.05) is 50.6 Å². The quantitative estimate of drug-likeness (QED) is 0.797. The lowest BCUT2D eigenvalue weighted by molar-refractivity contribution is -0.0663. The highest BCUT2D eigenvalue weighted by Crippen LogP contribution is 2.27. The topological polar surface area (TPSA) is 82.0 Å². The fourth-order valence-corrected chi connectivity index (χ4v) is 4.05. The Morgan fingerprint density at radius 1 is 1.25 bits per heavy atom. The van der Waals surface area contributed by atoms with Crippen molar-refractivity contribution in [2.75, 3.05) is 58.9 Å². The van der Waals surface area contributed by atoms with E-state index in [1.807, 2.05) is 13.8 Å². The number of methoxy groups -OCH3 is 1. The average Bonchev–Trinajstić information content (AvgIpc) is 3.14. The van der Waals surface area contributed by atoms with E-state index in [1.54, 1.807) is 12.0 Å². The molecule has 1 aromatic heterocycles. The van der Waals surface area contributed by atoms with Crippen LogP contribution < -0.4 is 4.90 Å². The molecule has 3 rings (SSSR count). The Bertz CT molecular complexity index is 716. The van der Waals surface area contributed by atoms with E-state index in [9.17, 15) is 9.90 Å². The number of piperidine rings is 1. The molecule has 156 valence electrons. The zero-order valence-corrected chi connectivity index (χ0v) is 17.7. The van der Waals surface area contributed by atoms with Gasteiger partial charge < -0.3 is 24.5 Å². The Morgan fingerprint density at radius 2 is 1.93 bits per heavy atom. The van der Waals surface area contributed by atoms with E-state index in [0.29, 0.717) is 38.6 Å². The van der Waals surface area contributed by atoms with Crippen LogP contribution in [0.25, 0.3) is 0 Å². The monoisotopic (exact) mass is 391 g/mol. The fraction of sp³-hybridized carbons (Fsp3) is 0.750. The first-order chi connectivity index (χ1) is 13.2. The second-order valence-electron chi connectivity index (χ2n) is 8.38. The molecular formula is C20H33N5O3. The molecule has 2 aliphatic rings. The third-order valence-corrected chi connectivity index (χ3v) is 6.14. The molecule has 28 heavy (non-hydrogen) atoms. The van der Waals surface area contributed by atoms with E-state index >= 15 is 0 Å². The van der Waals surface area contributed by atoms with Crippen molar-refractivity contribution < 1.29 is 14.6 Å². The summed E-state index contributed by atoms with van der Waals surface area (Å²) < 4.78 is 5.10. The van der Waals surface area contributed by atoms with Crippen LogP contribution in [-0.4, -0.2) is 96.4 Å². The first-order valence-corrected chi connectivity index (χ1v) is 10.0. The lowest BCUT2D eigenvalue weighted by Gasteiger charge is -2.37. The van der Waals surface area contributed by atoms with Gasteiger partial charge in [0.1, 0.15) is 5.82 Å². The molecule has 0 radical (unpaired) electrons. The smallest absolute Gasteiger partial charge is 0.291 e. The van der Waals surface area contributed by atoms with Crippen molar-refractivity contribution in [1.29, 1.82) is 0 Å². The molecule has 0 saturated carbocycles. The lowest BCUT2D eigenvalue weighted by atomic mass is 9.92. The SMILES string of the molecule is COCC1(O)CCN(C(=O)c2nc(C)c(C)c(N3CC[C@@H](N(C)C)C3)n2)CC1. The zero-order valence-electron chi connectivity index (χ0n) is 17.7. The van der Waals surface area contributed by atoms with Crippen LogP contribution in [0, 0.1) is 13.8 Å². The molecule has 0 bridgehead atoms. The summed E-state index contributed by atoms with van der Waals surface area (Å²) >= 11 is 0. The normalized spacial score (nSPS) is 22.2. The molecule has 1 aromatic rings. The van der Waals surface area contributed by atoms with E-state index in [4.69, 9.17) is 4.74 Å². The highest BCUT2D eigenvalue weighted by molar-refractivity contribution is 5.91. The maximum absolute atomic E-state index is 13.0. The molecule has 0 aliphatic carbocycles. The van der Waals surface area contributed by atoms with Gasteiger partial charge in [0.15, 0.2) is 0 Å². The van der Waals surface area contributed by atoms with Crippen molar-refractivity contribution in [1.82, 2.24) is 19.8 Å². The molecule has 8 heteroatoms. The minimum atomic E-state index is -0.850. The van der Waals surface area contributed by atoms with Crippen LogP contribution in [0.4, 0.5) is 5.82 Å². The van der Waals surface area contributed by atoms with Gasteiger partial charge in [-0.3, -0.25) is 4.79 Å². The number of rotatable bonds is 5. The summed E-state index contributed by atoms with van der Waals surface area (Å²) in [5.41, 5.74) is 1.02. The van der Waals surface area contributed by atoms with Crippen LogP contribution in [0.15, 0.2) is 0 Å². The second kappa shape index (κ2) is 8.31. The highest BCUT2D eigenvalue weighted by atomic mass is 16.5. The fourth-order valence-electron chi connectivity index (χ4n) is 4.05. The number of amides is 1. The van der Waals surface area contributed by atoms with Crippen LogP contribution in [0.1, 0.15) is 41.1 Å². The van der Waals surface area contributed by atoms with Gasteiger partial charge in [-0.1, -0.05) is 0 Å². The number of carbonyl (C=O) groups is 1. The van der Waals surface area contributed by atoms with Crippen molar-refractivity contribution in [3.8, 4) is 0 Å². The standard InChI is InChI=1S/C20H33N5O3/c1-14-15(2)21-17(22-18(14)25-9-6-16(12-25)23(3)4)19(26)24-10-7-20(27,8-11-24)13-28-5/h16,27H,6-13H2,1-5H3/t16-/m1/s1. The van der Waals surface area contributed by atoms with Gasteiger partial charge >= 0.3 is 0 Å². The first-order valence-electron chi connectivity index (χ1n) is 10.0. The Balaban J connectivity index is 1.76. The lowest BCUT2D eigenvalue weighted by Crippen LogP contribution is -2.49. The first kappa shape index (κ1) is 21.0. The molecule has 3 heterocycles. The summed E-state index contributed by atoms with van der Waals surface area (Å²) in [6, 6.07) is 0.495. The van der Waals surface area contributed by atoms with Gasteiger partial charge in [-0.25, -0.2) is 9.97 Å². The van der Waals surface area contributed by atoms with Crippen molar-refractivity contribution in [3.63, 3.8) is 0 Å². The number of ether oxygens (including phenoxy) is 1. The highest BCUT2D eigenvalue weighted by Gasteiger charge is 2.35. The predicted molar refractivity (Wildman–Crippen MR) is 108 cm³/mol. The molecule has 0 aromatic carbocycles. The summed E-state index contributed by atoms with van der Waals surface area (Å²) in [5, 5.41) is 10.5. The van der Waals surface area contributed by atoms with Crippen molar-refractivity contribution in [2.45, 2.75) is 44.8 Å². The van der Waals surface area contributed by atoms with Crippen LogP contribution in [0.2, 0.25) is 0 Å². The number of aromatic nitrogens is 2. The molecular weight excluding hydrogens is 358 g/mol. The number of likely N-dealkylation sites (tertiary alicyclic amines) is 1. The molecule has 1 N–H and O–H groups in total. The van der Waals surface area contributed by atoms with Gasteiger partial charge in [0.2, 0.25) is 5.82 Å². The summed E-state index contributed by atoms with van der Waals surface area (Å²) in [5.74, 6) is 0.962. The minimum Gasteiger partial charge on any atom is -0.387 e. The molecule has 2 saturated heterocycles. The summed E-state index contributed by atoms with van der Waals surface area (Å²) in [6.07, 6.45) is 2.09. The van der Waals surface area contributed by atoms with Gasteiger partial charge in [-0.05, 0) is 47.2 Å². The Hall–Kier alpha value is -1.77. The maximum Gasteiger partial charge on any atom is 0.291 e. The van der Waals surface area contributed by atoms with E-state index < -0.39 is 5.60 Å². The van der Waals surface area contributed by atoms with Crippen LogP contribution in [-0.2, 0) is 4.74 Å². The molecule has 2 fully saturated rings. The predicted octanol–water partition coefficient (Wildman–Crippen LogP) is 0.847. The molecule has 2 aliphatic heterocycles. The van der Waals surface area contributed by atoms with Crippen LogP contribution in [0.5, 0.6) is 0 Å². The van der Waals surface area contributed by atoms with Crippen LogP contribution in [0.3, 0.4) is 0 Å². The summed E-state index contributed by atoms with van der Waals surface area (Å²) in [7, 11) is 5.78. The van der Waals surface area contributed by atoms with Crippen LogP contribution >= 0.6 is 0 Å². The number of nitrogens with zero attached hydrogens (tertiary/aromatic N) is 5. The van der Waals surface area contributed by atoms with Crippen molar-refractivity contribution in [3.05, 3.63) is 17.1 Å². The van der Waals surface area contributed by atoms with Gasteiger partial charge in [0.05, 0.1) is 12.2 Å². The molecule has 0 spiro atoms. The average molecular weight is 392 g/mol. The number of hydrogen-bond donors (Lipinski definition) is 1. The van der Waals surface area contributed by atoms with E-state index in [1.165, 1.54) is 0 Å². The number of carbonyl (C=O) groups excluding carboxylic acids is 1. The van der Waals surface area contributed by atoms with Crippen molar-refractivity contribution >= 4 is 11.7 Å². The Labute approximate surface area is 167 Å². The number of aliphatic hydroxyl groups is 1. The second-order valence-corrected chi connectivity index (χ2v) is 8.38. The maximum atomic E-state index is 13.0. The zero-order chi connectivity index (χ0) is 20.5. The minimum absolute atomic E-state index is 0.160. The van der Waals surface area contributed by atoms with Gasteiger partial charge in [0.25, 0.3) is 5.91 Å². The van der Waals surface area contributed by atoms with Gasteiger partial charge in [-0.15, -0.1) is 0 Å². The molecule has 1 amide bonds. The van der Waals surface area contributed by atoms with Crippen molar-refractivity contribution in [2.24, 2.45) is 0 Å². The third kappa shape index (κ3) is 4.29. The van der Waals surface area contributed by atoms with Gasteiger partial charge in [-0.2, -0.15) is 0 Å². The molecule has 1 atom stereocenters. The molecule has 0 unspecified atom stereocenters. The molecule has 8 nitrogen and oxygen atoms in total. The largest absolute Gasteiger partial charge is 0.387 e. The number of anilines is 1. The summed E-state index contributed by atoms with van der Waals surface area (Å²) in [4.78, 5) is 28.4. The number of likely N-dealkylation sites (N-methyl/N-ethyl adjacent to an activating group) is 1. The van der Waals surface area contributed by atoms with E-state index in [2.05, 4.69) is 33.9 Å². The Kier molecular flexibility index (Phi) is 6.21. The summed E-state index contributed by atoms with van der Waals surface area (Å²) in [6.45, 7) is 7.06.